The molecule has 3 aromatic rings. The minimum absolute atomic E-state index is 0.0933. The summed E-state index contributed by atoms with van der Waals surface area (Å²) in [6, 6.07) is 15.9. The number of para-hydroxylation sites is 2. The number of aliphatic hydroxyl groups excluding tert-OH is 1. The summed E-state index contributed by atoms with van der Waals surface area (Å²) < 4.78 is 4.05. The summed E-state index contributed by atoms with van der Waals surface area (Å²) in [5.74, 6) is -0.000822. The number of hydrogen-bond acceptors (Lipinski definition) is 2. The Morgan fingerprint density at radius 1 is 1.00 bits per heavy atom. The van der Waals surface area contributed by atoms with Gasteiger partial charge in [-0.25, -0.2) is 4.58 Å². The lowest BCUT2D eigenvalue weighted by Gasteiger charge is -2.22. The molecule has 0 amide bonds. The van der Waals surface area contributed by atoms with E-state index in [0.29, 0.717) is 11.1 Å². The van der Waals surface area contributed by atoms with Crippen LogP contribution in [-0.2, 0) is 11.8 Å². The zero-order valence-corrected chi connectivity index (χ0v) is 15.4. The number of Topliss-reactive ketones (excluding diaryl/α,β-unsaturated/α-hetero) is 1. The summed E-state index contributed by atoms with van der Waals surface area (Å²) >= 11 is 0. The number of allylic oxidation sites excluding steroid dienone is 3. The van der Waals surface area contributed by atoms with Crippen molar-refractivity contribution in [2.75, 3.05) is 7.05 Å². The highest BCUT2D eigenvalue weighted by Crippen LogP contribution is 2.45. The van der Waals surface area contributed by atoms with Crippen molar-refractivity contribution in [1.82, 2.24) is 4.57 Å². The summed E-state index contributed by atoms with van der Waals surface area (Å²) in [6.07, 6.45) is 1.92. The van der Waals surface area contributed by atoms with Gasteiger partial charge in [-0.05, 0) is 19.1 Å². The maximum Gasteiger partial charge on any atom is 0.213 e. The molecule has 0 atom stereocenters. The normalized spacial score (nSPS) is 18.8. The van der Waals surface area contributed by atoms with E-state index in [1.54, 1.807) is 0 Å². The van der Waals surface area contributed by atoms with Gasteiger partial charge >= 0.3 is 0 Å². The molecule has 27 heavy (non-hydrogen) atoms. The fourth-order valence-corrected chi connectivity index (χ4v) is 4.26. The number of carbonyl (C=O) groups excluding carboxylic acids is 1. The van der Waals surface area contributed by atoms with Crippen LogP contribution in [0.4, 0.5) is 5.69 Å². The Morgan fingerprint density at radius 3 is 2.48 bits per heavy atom. The lowest BCUT2D eigenvalue weighted by atomic mass is 9.79. The first-order valence-electron chi connectivity index (χ1n) is 8.94. The average Bonchev–Trinajstić information content (AvgIpc) is 3.13. The molecule has 0 saturated heterocycles. The maximum atomic E-state index is 13.2. The van der Waals surface area contributed by atoms with Crippen LogP contribution in [-0.4, -0.2) is 33.3 Å². The first kappa shape index (κ1) is 15.8. The number of rotatable bonds is 1. The van der Waals surface area contributed by atoms with Gasteiger partial charge in [0.15, 0.2) is 6.21 Å². The van der Waals surface area contributed by atoms with E-state index in [4.69, 9.17) is 0 Å². The summed E-state index contributed by atoms with van der Waals surface area (Å²) in [5, 5.41) is 11.9. The topological polar surface area (TPSA) is 45.2 Å². The molecule has 1 aliphatic heterocycles. The number of nitrogens with zero attached hydrogens (tertiary/aromatic N) is 2. The summed E-state index contributed by atoms with van der Waals surface area (Å²) in [4.78, 5) is 13.2. The molecular formula is C23H19N2O2+. The smallest absolute Gasteiger partial charge is 0.213 e. The van der Waals surface area contributed by atoms with Crippen LogP contribution in [0.1, 0.15) is 16.8 Å². The van der Waals surface area contributed by atoms with Crippen LogP contribution in [0.2, 0.25) is 0 Å². The number of aliphatic hydroxyl groups is 1. The number of aromatic nitrogens is 1. The number of carbonyl (C=O) groups is 1. The van der Waals surface area contributed by atoms with Gasteiger partial charge in [-0.15, -0.1) is 0 Å². The van der Waals surface area contributed by atoms with Gasteiger partial charge in [-0.1, -0.05) is 30.3 Å². The number of fused-ring (bicyclic) bond motifs is 2. The lowest BCUT2D eigenvalue weighted by Crippen LogP contribution is -2.23. The third-order valence-corrected chi connectivity index (χ3v) is 5.74. The molecule has 1 aromatic heterocycles. The van der Waals surface area contributed by atoms with Gasteiger partial charge in [0.2, 0.25) is 11.5 Å². The highest BCUT2D eigenvalue weighted by atomic mass is 16.3. The molecule has 0 unspecified atom stereocenters. The lowest BCUT2D eigenvalue weighted by molar-refractivity contribution is -0.395. The van der Waals surface area contributed by atoms with Crippen molar-refractivity contribution >= 4 is 39.7 Å². The van der Waals surface area contributed by atoms with E-state index in [2.05, 4.69) is 4.57 Å². The maximum absolute atomic E-state index is 13.2. The molecule has 132 valence electrons. The molecule has 2 heterocycles. The third kappa shape index (κ3) is 1.92. The predicted molar refractivity (Wildman–Crippen MR) is 107 cm³/mol. The van der Waals surface area contributed by atoms with Crippen LogP contribution in [0.25, 0.3) is 22.0 Å². The highest BCUT2D eigenvalue weighted by Gasteiger charge is 2.42. The monoisotopic (exact) mass is 355 g/mol. The van der Waals surface area contributed by atoms with E-state index in [1.807, 2.05) is 80.3 Å². The van der Waals surface area contributed by atoms with Crippen molar-refractivity contribution in [2.45, 2.75) is 6.92 Å². The Bertz CT molecular complexity index is 1270. The first-order chi connectivity index (χ1) is 13.0. The minimum Gasteiger partial charge on any atom is -0.506 e. The van der Waals surface area contributed by atoms with Crippen LogP contribution >= 0.6 is 0 Å². The number of aryl methyl sites for hydroxylation is 1. The minimum atomic E-state index is -0.0942. The first-order valence-corrected chi connectivity index (χ1v) is 8.94. The van der Waals surface area contributed by atoms with E-state index in [-0.39, 0.29) is 11.5 Å². The SMILES string of the molecule is Cc1c(C2=C(O)/C(=C3\C=[N+](C)c4ccccc43)C2=O)c2ccccc2n1C. The Morgan fingerprint density at radius 2 is 1.70 bits per heavy atom. The molecule has 0 fully saturated rings. The van der Waals surface area contributed by atoms with Gasteiger partial charge in [0.1, 0.15) is 12.8 Å². The van der Waals surface area contributed by atoms with Gasteiger partial charge in [-0.2, -0.15) is 0 Å². The van der Waals surface area contributed by atoms with Gasteiger partial charge in [0.05, 0.1) is 22.3 Å². The second-order valence-corrected chi connectivity index (χ2v) is 7.14. The summed E-state index contributed by atoms with van der Waals surface area (Å²) in [7, 11) is 3.93. The predicted octanol–water partition coefficient (Wildman–Crippen LogP) is 4.15. The second-order valence-electron chi connectivity index (χ2n) is 7.14. The van der Waals surface area contributed by atoms with Gasteiger partial charge < -0.3 is 9.67 Å². The summed E-state index contributed by atoms with van der Waals surface area (Å²) in [6.45, 7) is 1.98. The molecule has 0 spiro atoms. The fourth-order valence-electron chi connectivity index (χ4n) is 4.26. The molecule has 4 heteroatoms. The van der Waals surface area contributed by atoms with Crippen molar-refractivity contribution in [1.29, 1.82) is 0 Å². The quantitative estimate of drug-likeness (QED) is 0.526. The number of benzene rings is 2. The molecular weight excluding hydrogens is 336 g/mol. The highest BCUT2D eigenvalue weighted by molar-refractivity contribution is 6.45. The van der Waals surface area contributed by atoms with E-state index in [0.717, 1.165) is 39.0 Å². The van der Waals surface area contributed by atoms with Crippen LogP contribution in [0.15, 0.2) is 59.9 Å². The molecule has 0 radical (unpaired) electrons. The molecule has 1 N–H and O–H groups in total. The third-order valence-electron chi connectivity index (χ3n) is 5.74. The van der Waals surface area contributed by atoms with Crippen LogP contribution in [0, 0.1) is 6.92 Å². The Kier molecular flexibility index (Phi) is 3.11. The van der Waals surface area contributed by atoms with Crippen LogP contribution in [0.5, 0.6) is 0 Å². The largest absolute Gasteiger partial charge is 0.506 e. The van der Waals surface area contributed by atoms with Crippen molar-refractivity contribution < 1.29 is 14.5 Å². The van der Waals surface area contributed by atoms with Crippen molar-refractivity contribution in [3.63, 3.8) is 0 Å². The standard InChI is InChI=1S/C23H18N2O2/c1-13-19(15-9-5-7-11-18(15)25(13)3)21-22(26)20(23(21)27)16-12-24(2)17-10-6-4-8-14(16)17/h4-12H,1-3H3/p+1. The van der Waals surface area contributed by atoms with E-state index < -0.39 is 0 Å². The van der Waals surface area contributed by atoms with Crippen LogP contribution in [0.3, 0.4) is 0 Å². The Labute approximate surface area is 157 Å². The van der Waals surface area contributed by atoms with Crippen molar-refractivity contribution in [3.05, 3.63) is 76.7 Å². The molecule has 5 rings (SSSR count). The van der Waals surface area contributed by atoms with Crippen molar-refractivity contribution in [3.8, 4) is 0 Å². The molecule has 2 aliphatic rings. The molecule has 0 bridgehead atoms. The van der Waals surface area contributed by atoms with E-state index in [9.17, 15) is 9.90 Å². The molecule has 0 saturated carbocycles. The zero-order chi connectivity index (χ0) is 18.9. The van der Waals surface area contributed by atoms with Gasteiger partial charge in [0.25, 0.3) is 0 Å². The molecule has 1 aliphatic carbocycles. The second kappa shape index (κ2) is 5.30. The zero-order valence-electron chi connectivity index (χ0n) is 15.4. The molecule has 2 aromatic carbocycles. The van der Waals surface area contributed by atoms with Gasteiger partial charge in [0, 0.05) is 35.3 Å². The average molecular weight is 355 g/mol. The van der Waals surface area contributed by atoms with E-state index >= 15 is 0 Å². The number of ketones is 1. The van der Waals surface area contributed by atoms with Crippen molar-refractivity contribution in [2.24, 2.45) is 7.05 Å². The Balaban J connectivity index is 1.77. The van der Waals surface area contributed by atoms with Crippen LogP contribution < -0.4 is 0 Å². The number of hydrogen-bond donors (Lipinski definition) is 1. The summed E-state index contributed by atoms with van der Waals surface area (Å²) in [5.41, 5.74) is 6.50. The van der Waals surface area contributed by atoms with Gasteiger partial charge in [-0.3, -0.25) is 4.79 Å². The molecule has 4 nitrogen and oxygen atoms in total. The Hall–Kier alpha value is -3.40. The van der Waals surface area contributed by atoms with E-state index in [1.165, 1.54) is 0 Å². The fraction of sp³-hybridized carbons (Fsp3) is 0.130.